The van der Waals surface area contributed by atoms with Crippen LogP contribution in [0.2, 0.25) is 0 Å². The van der Waals surface area contributed by atoms with Crippen molar-refractivity contribution < 1.29 is 34.2 Å². The lowest BCUT2D eigenvalue weighted by molar-refractivity contribution is -0.144. The Morgan fingerprint density at radius 3 is 1.84 bits per heavy atom. The highest BCUT2D eigenvalue weighted by Gasteiger charge is 2.32. The molecule has 5 unspecified atom stereocenters. The van der Waals surface area contributed by atoms with Crippen LogP contribution in [-0.4, -0.2) is 69.8 Å². The zero-order valence-corrected chi connectivity index (χ0v) is 19.1. The van der Waals surface area contributed by atoms with Crippen molar-refractivity contribution in [1.82, 2.24) is 16.0 Å². The number of thiol groups is 1. The number of amides is 3. The zero-order chi connectivity index (χ0) is 24.3. The number of hydrogen-bond donors (Lipinski definition) is 7. The minimum Gasteiger partial charge on any atom is -0.481 e. The molecule has 0 bridgehead atoms. The number of carboxylic acid groups (broad SMARTS) is 2. The second kappa shape index (κ2) is 13.9. The van der Waals surface area contributed by atoms with Gasteiger partial charge in [-0.05, 0) is 18.3 Å². The van der Waals surface area contributed by atoms with Gasteiger partial charge in [0, 0.05) is 5.75 Å². The second-order valence-corrected chi connectivity index (χ2v) is 8.21. The van der Waals surface area contributed by atoms with Crippen molar-refractivity contribution in [2.24, 2.45) is 17.6 Å². The molecule has 0 saturated heterocycles. The quantitative estimate of drug-likeness (QED) is 0.166. The molecule has 0 heterocycles. The standard InChI is InChI=1S/C19H34N4O7S/c1-5-10(4)15(19(29)30)23-18(28)12(6-9(2)3)22-17(27)13(7-14(24)25)21-16(26)11(20)8-31/h9-13,15,31H,5-8,20H2,1-4H3,(H,21,26)(H,22,27)(H,23,28)(H,24,25)(H,29,30). The molecule has 11 nitrogen and oxygen atoms in total. The van der Waals surface area contributed by atoms with Crippen molar-refractivity contribution in [1.29, 1.82) is 0 Å². The molecule has 3 amide bonds. The Morgan fingerprint density at radius 2 is 1.42 bits per heavy atom. The molecule has 0 fully saturated rings. The molecular weight excluding hydrogens is 428 g/mol. The maximum atomic E-state index is 12.7. The van der Waals surface area contributed by atoms with Crippen molar-refractivity contribution in [2.75, 3.05) is 5.75 Å². The van der Waals surface area contributed by atoms with Crippen LogP contribution in [0.5, 0.6) is 0 Å². The summed E-state index contributed by atoms with van der Waals surface area (Å²) in [7, 11) is 0. The Kier molecular flexibility index (Phi) is 12.8. The van der Waals surface area contributed by atoms with Crippen LogP contribution in [-0.2, 0) is 24.0 Å². The van der Waals surface area contributed by atoms with Crippen molar-refractivity contribution in [3.05, 3.63) is 0 Å². The highest BCUT2D eigenvalue weighted by Crippen LogP contribution is 2.11. The number of nitrogens with two attached hydrogens (primary N) is 1. The molecule has 0 aliphatic rings. The van der Waals surface area contributed by atoms with Crippen LogP contribution in [0.4, 0.5) is 0 Å². The summed E-state index contributed by atoms with van der Waals surface area (Å²) in [5.74, 6) is -5.31. The summed E-state index contributed by atoms with van der Waals surface area (Å²) >= 11 is 3.89. The smallest absolute Gasteiger partial charge is 0.326 e. The maximum absolute atomic E-state index is 12.7. The third kappa shape index (κ3) is 10.5. The topological polar surface area (TPSA) is 188 Å². The van der Waals surface area contributed by atoms with Crippen molar-refractivity contribution in [3.63, 3.8) is 0 Å². The highest BCUT2D eigenvalue weighted by atomic mass is 32.1. The third-order valence-electron chi connectivity index (χ3n) is 4.66. The van der Waals surface area contributed by atoms with E-state index in [1.165, 1.54) is 0 Å². The number of carboxylic acids is 2. The molecule has 0 rings (SSSR count). The van der Waals surface area contributed by atoms with Crippen LogP contribution in [0.25, 0.3) is 0 Å². The fraction of sp³-hybridized carbons (Fsp3) is 0.737. The van der Waals surface area contributed by atoms with Gasteiger partial charge >= 0.3 is 11.9 Å². The van der Waals surface area contributed by atoms with Crippen molar-refractivity contribution in [2.45, 2.75) is 71.1 Å². The predicted octanol–water partition coefficient (Wildman–Crippen LogP) is -0.651. The van der Waals surface area contributed by atoms with Gasteiger partial charge in [0.1, 0.15) is 18.1 Å². The highest BCUT2D eigenvalue weighted by molar-refractivity contribution is 7.80. The maximum Gasteiger partial charge on any atom is 0.326 e. The van der Waals surface area contributed by atoms with Gasteiger partial charge in [-0.3, -0.25) is 19.2 Å². The first kappa shape index (κ1) is 28.7. The van der Waals surface area contributed by atoms with Crippen LogP contribution in [0.3, 0.4) is 0 Å². The Morgan fingerprint density at radius 1 is 0.903 bits per heavy atom. The van der Waals surface area contributed by atoms with E-state index in [0.29, 0.717) is 6.42 Å². The molecule has 0 spiro atoms. The summed E-state index contributed by atoms with van der Waals surface area (Å²) in [6.07, 6.45) is -0.0393. The second-order valence-electron chi connectivity index (χ2n) is 7.85. The average molecular weight is 463 g/mol. The fourth-order valence-electron chi connectivity index (χ4n) is 2.66. The molecule has 5 atom stereocenters. The molecular formula is C19H34N4O7S. The van der Waals surface area contributed by atoms with Gasteiger partial charge < -0.3 is 31.9 Å². The van der Waals surface area contributed by atoms with Crippen LogP contribution < -0.4 is 21.7 Å². The first-order chi connectivity index (χ1) is 14.3. The van der Waals surface area contributed by atoms with Crippen LogP contribution in [0.15, 0.2) is 0 Å². The first-order valence-corrected chi connectivity index (χ1v) is 10.7. The molecule has 0 radical (unpaired) electrons. The zero-order valence-electron chi connectivity index (χ0n) is 18.3. The summed E-state index contributed by atoms with van der Waals surface area (Å²) < 4.78 is 0. The summed E-state index contributed by atoms with van der Waals surface area (Å²) in [4.78, 5) is 60.1. The molecule has 0 aliphatic carbocycles. The van der Waals surface area contributed by atoms with E-state index in [-0.39, 0.29) is 24.0 Å². The molecule has 0 saturated carbocycles. The summed E-state index contributed by atoms with van der Waals surface area (Å²) in [5.41, 5.74) is 5.55. The normalized spacial score (nSPS) is 15.8. The Hall–Kier alpha value is -2.34. The van der Waals surface area contributed by atoms with Gasteiger partial charge in [-0.1, -0.05) is 34.1 Å². The lowest BCUT2D eigenvalue weighted by Gasteiger charge is -2.27. The van der Waals surface area contributed by atoms with Crippen molar-refractivity contribution >= 4 is 42.3 Å². The van der Waals surface area contributed by atoms with E-state index in [4.69, 9.17) is 10.8 Å². The first-order valence-electron chi connectivity index (χ1n) is 10.1. The van der Waals surface area contributed by atoms with E-state index in [1.807, 2.05) is 0 Å². The lowest BCUT2D eigenvalue weighted by Crippen LogP contribution is -2.58. The average Bonchev–Trinajstić information content (AvgIpc) is 2.68. The monoisotopic (exact) mass is 462 g/mol. The predicted molar refractivity (Wildman–Crippen MR) is 116 cm³/mol. The Balaban J connectivity index is 5.54. The number of rotatable bonds is 14. The number of aliphatic carboxylic acids is 2. The summed E-state index contributed by atoms with van der Waals surface area (Å²) in [6.45, 7) is 7.07. The minimum absolute atomic E-state index is 0.0161. The van der Waals surface area contributed by atoms with E-state index < -0.39 is 60.2 Å². The van der Waals surface area contributed by atoms with Gasteiger partial charge in [-0.15, -0.1) is 0 Å². The Bertz CT molecular complexity index is 659. The van der Waals surface area contributed by atoms with Gasteiger partial charge in [0.25, 0.3) is 0 Å². The molecule has 0 aliphatic heterocycles. The third-order valence-corrected chi connectivity index (χ3v) is 5.06. The fourth-order valence-corrected chi connectivity index (χ4v) is 2.82. The molecule has 0 aromatic carbocycles. The minimum atomic E-state index is -1.47. The van der Waals surface area contributed by atoms with Crippen LogP contribution in [0.1, 0.15) is 47.0 Å². The van der Waals surface area contributed by atoms with Gasteiger partial charge in [0.15, 0.2) is 0 Å². The molecule has 7 N–H and O–H groups in total. The van der Waals surface area contributed by atoms with Crippen molar-refractivity contribution in [3.8, 4) is 0 Å². The van der Waals surface area contributed by atoms with E-state index in [9.17, 15) is 29.1 Å². The van der Waals surface area contributed by atoms with E-state index >= 15 is 0 Å². The van der Waals surface area contributed by atoms with Crippen LogP contribution >= 0.6 is 12.6 Å². The van der Waals surface area contributed by atoms with Gasteiger partial charge in [-0.2, -0.15) is 12.6 Å². The largest absolute Gasteiger partial charge is 0.481 e. The Labute approximate surface area is 187 Å². The lowest BCUT2D eigenvalue weighted by atomic mass is 9.97. The molecule has 12 heteroatoms. The van der Waals surface area contributed by atoms with Gasteiger partial charge in [0.05, 0.1) is 12.5 Å². The number of carbonyl (C=O) groups is 5. The SMILES string of the molecule is CCC(C)C(NC(=O)C(CC(C)C)NC(=O)C(CC(=O)O)NC(=O)C(N)CS)C(=O)O. The molecule has 0 aromatic rings. The van der Waals surface area contributed by atoms with E-state index in [0.717, 1.165) is 0 Å². The molecule has 0 aromatic heterocycles. The van der Waals surface area contributed by atoms with Gasteiger partial charge in [-0.25, -0.2) is 4.79 Å². The molecule has 31 heavy (non-hydrogen) atoms. The summed E-state index contributed by atoms with van der Waals surface area (Å²) in [5, 5.41) is 25.6. The number of nitrogens with one attached hydrogen (secondary N) is 3. The number of hydrogen-bond acceptors (Lipinski definition) is 7. The summed E-state index contributed by atoms with van der Waals surface area (Å²) in [6, 6.07) is -4.78. The number of carbonyl (C=O) groups excluding carboxylic acids is 3. The molecule has 178 valence electrons. The van der Waals surface area contributed by atoms with E-state index in [1.54, 1.807) is 27.7 Å². The van der Waals surface area contributed by atoms with E-state index in [2.05, 4.69) is 28.6 Å². The van der Waals surface area contributed by atoms with Gasteiger partial charge in [0.2, 0.25) is 17.7 Å². The van der Waals surface area contributed by atoms with Crippen LogP contribution in [0, 0.1) is 11.8 Å².